The molecule has 5 nitrogen and oxygen atoms in total. The lowest BCUT2D eigenvalue weighted by Crippen LogP contribution is -2.41. The van der Waals surface area contributed by atoms with Crippen molar-refractivity contribution in [3.63, 3.8) is 0 Å². The van der Waals surface area contributed by atoms with Crippen LogP contribution in [0.4, 0.5) is 4.79 Å². The van der Waals surface area contributed by atoms with E-state index in [0.717, 1.165) is 0 Å². The minimum atomic E-state index is -0.0904. The zero-order valence-electron chi connectivity index (χ0n) is 11.6. The normalized spacial score (nSPS) is 25.8. The van der Waals surface area contributed by atoms with Crippen LogP contribution in [0, 0.1) is 5.92 Å². The van der Waals surface area contributed by atoms with E-state index in [1.165, 1.54) is 10.6 Å². The van der Waals surface area contributed by atoms with Crippen molar-refractivity contribution in [2.75, 3.05) is 19.7 Å². The van der Waals surface area contributed by atoms with Gasteiger partial charge in [-0.25, -0.2) is 4.79 Å². The van der Waals surface area contributed by atoms with Gasteiger partial charge < -0.3 is 4.90 Å². The minimum Gasteiger partial charge on any atom is -0.312 e. The van der Waals surface area contributed by atoms with Crippen molar-refractivity contribution in [1.29, 1.82) is 0 Å². The Morgan fingerprint density at radius 1 is 1.63 bits per heavy atom. The van der Waals surface area contributed by atoms with E-state index in [9.17, 15) is 4.79 Å². The molecule has 19 heavy (non-hydrogen) atoms. The zero-order valence-corrected chi connectivity index (χ0v) is 11.6. The number of rotatable bonds is 6. The molecule has 0 aromatic carbocycles. The highest BCUT2D eigenvalue weighted by atomic mass is 16.7. The summed E-state index contributed by atoms with van der Waals surface area (Å²) in [6.45, 7) is 12.9. The summed E-state index contributed by atoms with van der Waals surface area (Å²) in [5, 5.41) is 1.48. The molecule has 1 saturated heterocycles. The van der Waals surface area contributed by atoms with E-state index >= 15 is 0 Å². The van der Waals surface area contributed by atoms with Gasteiger partial charge >= 0.3 is 6.03 Å². The summed E-state index contributed by atoms with van der Waals surface area (Å²) in [4.78, 5) is 23.6. The van der Waals surface area contributed by atoms with Gasteiger partial charge in [-0.2, -0.15) is 5.06 Å². The molecular formula is C14H21N3O2. The van der Waals surface area contributed by atoms with Crippen LogP contribution >= 0.6 is 0 Å². The summed E-state index contributed by atoms with van der Waals surface area (Å²) in [6.07, 6.45) is 3.79. The summed E-state index contributed by atoms with van der Waals surface area (Å²) >= 11 is 0. The molecule has 2 unspecified atom stereocenters. The highest BCUT2D eigenvalue weighted by Crippen LogP contribution is 2.33. The number of carbonyl (C=O) groups is 1. The first-order valence-corrected chi connectivity index (χ1v) is 6.57. The molecule has 0 N–H and O–H groups in total. The second kappa shape index (κ2) is 5.57. The molecule has 104 valence electrons. The summed E-state index contributed by atoms with van der Waals surface area (Å²) in [5.74, 6) is 0.375. The lowest BCUT2D eigenvalue weighted by Gasteiger charge is -2.30. The smallest absolute Gasteiger partial charge is 0.312 e. The van der Waals surface area contributed by atoms with Crippen molar-refractivity contribution in [3.8, 4) is 0 Å². The van der Waals surface area contributed by atoms with Gasteiger partial charge in [-0.15, -0.1) is 6.58 Å². The van der Waals surface area contributed by atoms with Crippen molar-refractivity contribution in [1.82, 2.24) is 9.96 Å². The van der Waals surface area contributed by atoms with Crippen LogP contribution in [0.25, 0.3) is 0 Å². The number of urea groups is 1. The number of amides is 2. The van der Waals surface area contributed by atoms with E-state index in [-0.39, 0.29) is 18.1 Å². The highest BCUT2D eigenvalue weighted by molar-refractivity contribution is 5.78. The van der Waals surface area contributed by atoms with E-state index in [0.29, 0.717) is 25.6 Å². The fourth-order valence-electron chi connectivity index (χ4n) is 2.68. The van der Waals surface area contributed by atoms with Gasteiger partial charge in [-0.05, 0) is 18.2 Å². The third-order valence-electron chi connectivity index (χ3n) is 3.57. The Morgan fingerprint density at radius 2 is 2.37 bits per heavy atom. The standard InChI is InChI=1S/C14H21N3O2/c1-5-6-19-17-13-9-16(14(17)18)11(8-15-4)7-12(13)10(2)3/h5,7,10-11,13H,1,4,6,8-9H2,2-3H3. The lowest BCUT2D eigenvalue weighted by molar-refractivity contribution is -0.111. The molecule has 2 heterocycles. The Labute approximate surface area is 114 Å². The largest absolute Gasteiger partial charge is 0.345 e. The van der Waals surface area contributed by atoms with E-state index in [1.807, 2.05) is 0 Å². The molecular weight excluding hydrogens is 242 g/mol. The lowest BCUT2D eigenvalue weighted by atomic mass is 9.91. The van der Waals surface area contributed by atoms with E-state index in [2.05, 4.69) is 38.2 Å². The maximum atomic E-state index is 12.3. The van der Waals surface area contributed by atoms with Crippen molar-refractivity contribution in [2.24, 2.45) is 10.9 Å². The highest BCUT2D eigenvalue weighted by Gasteiger charge is 2.46. The maximum Gasteiger partial charge on any atom is 0.345 e. The molecule has 0 saturated carbocycles. The molecule has 0 aromatic heterocycles. The Morgan fingerprint density at radius 3 is 2.95 bits per heavy atom. The van der Waals surface area contributed by atoms with Gasteiger partial charge in [-0.1, -0.05) is 26.0 Å². The van der Waals surface area contributed by atoms with E-state index in [1.54, 1.807) is 11.0 Å². The molecule has 0 radical (unpaired) electrons. The Hall–Kier alpha value is -1.62. The second-order valence-corrected chi connectivity index (χ2v) is 5.16. The topological polar surface area (TPSA) is 45.1 Å². The average molecular weight is 263 g/mol. The number of nitrogens with zero attached hydrogens (tertiary/aromatic N) is 3. The minimum absolute atomic E-state index is 0.00372. The molecule has 2 atom stereocenters. The monoisotopic (exact) mass is 263 g/mol. The molecule has 2 rings (SSSR count). The van der Waals surface area contributed by atoms with Crippen molar-refractivity contribution in [3.05, 3.63) is 24.3 Å². The molecule has 2 aliphatic heterocycles. The third-order valence-corrected chi connectivity index (χ3v) is 3.57. The van der Waals surface area contributed by atoms with Gasteiger partial charge in [0.2, 0.25) is 0 Å². The Kier molecular flexibility index (Phi) is 4.04. The second-order valence-electron chi connectivity index (χ2n) is 5.16. The first kappa shape index (κ1) is 13.8. The molecule has 0 aromatic rings. The van der Waals surface area contributed by atoms with Gasteiger partial charge in [0.05, 0.1) is 25.7 Å². The summed E-state index contributed by atoms with van der Waals surface area (Å²) in [7, 11) is 0. The van der Waals surface area contributed by atoms with Crippen LogP contribution < -0.4 is 0 Å². The predicted octanol–water partition coefficient (Wildman–Crippen LogP) is 1.88. The fraction of sp³-hybridized carbons (Fsp3) is 0.571. The third kappa shape index (κ3) is 2.42. The van der Waals surface area contributed by atoms with Crippen LogP contribution in [-0.2, 0) is 4.84 Å². The molecule has 5 heteroatoms. The predicted molar refractivity (Wildman–Crippen MR) is 75.0 cm³/mol. The van der Waals surface area contributed by atoms with Gasteiger partial charge in [0.15, 0.2) is 0 Å². The molecule has 0 aliphatic carbocycles. The number of hydrogen-bond donors (Lipinski definition) is 0. The molecule has 2 bridgehead atoms. The molecule has 2 amide bonds. The fourth-order valence-corrected chi connectivity index (χ4v) is 2.68. The Bertz CT molecular complexity index is 417. The van der Waals surface area contributed by atoms with Gasteiger partial charge in [0.1, 0.15) is 6.04 Å². The first-order valence-electron chi connectivity index (χ1n) is 6.57. The zero-order chi connectivity index (χ0) is 14.0. The van der Waals surface area contributed by atoms with Crippen LogP contribution in [0.3, 0.4) is 0 Å². The maximum absolute atomic E-state index is 12.3. The number of fused-ring (bicyclic) bond motifs is 2. The summed E-state index contributed by atoms with van der Waals surface area (Å²) < 4.78 is 0. The van der Waals surface area contributed by atoms with Crippen LogP contribution in [-0.4, -0.2) is 54.5 Å². The summed E-state index contributed by atoms with van der Waals surface area (Å²) in [5.41, 5.74) is 1.24. The average Bonchev–Trinajstić information content (AvgIpc) is 2.64. The van der Waals surface area contributed by atoms with Crippen molar-refractivity contribution >= 4 is 12.7 Å². The van der Waals surface area contributed by atoms with Crippen LogP contribution in [0.1, 0.15) is 13.8 Å². The van der Waals surface area contributed by atoms with Crippen LogP contribution in [0.2, 0.25) is 0 Å². The van der Waals surface area contributed by atoms with Crippen LogP contribution in [0.15, 0.2) is 29.3 Å². The quantitative estimate of drug-likeness (QED) is 0.542. The van der Waals surface area contributed by atoms with Gasteiger partial charge in [-0.3, -0.25) is 9.83 Å². The summed E-state index contributed by atoms with van der Waals surface area (Å²) in [6, 6.07) is -0.0862. The SMILES string of the molecule is C=CCON1C(=O)N2CC1C(C(C)C)=CC2CN=C. The van der Waals surface area contributed by atoms with Crippen molar-refractivity contribution in [2.45, 2.75) is 25.9 Å². The number of hydrogen-bond acceptors (Lipinski definition) is 3. The van der Waals surface area contributed by atoms with E-state index in [4.69, 9.17) is 4.84 Å². The number of aliphatic imine (C=N–C) groups is 1. The number of carbonyl (C=O) groups excluding carboxylic acids is 1. The number of hydroxylamine groups is 2. The van der Waals surface area contributed by atoms with Crippen molar-refractivity contribution < 1.29 is 9.63 Å². The van der Waals surface area contributed by atoms with Gasteiger partial charge in [0.25, 0.3) is 0 Å². The molecule has 2 aliphatic rings. The van der Waals surface area contributed by atoms with E-state index < -0.39 is 0 Å². The molecule has 0 spiro atoms. The van der Waals surface area contributed by atoms with Crippen LogP contribution in [0.5, 0.6) is 0 Å². The Balaban J connectivity index is 2.27. The first-order chi connectivity index (χ1) is 9.10. The van der Waals surface area contributed by atoms with Gasteiger partial charge in [0, 0.05) is 0 Å². The molecule has 1 fully saturated rings.